The minimum Gasteiger partial charge on any atom is -1.00 e. The van der Waals surface area contributed by atoms with Gasteiger partial charge >= 0.3 is 192 Å². The van der Waals surface area contributed by atoms with Crippen LogP contribution in [0.4, 0.5) is 126 Å². The van der Waals surface area contributed by atoms with Gasteiger partial charge in [-0.05, 0) is 55.5 Å². The number of amides is 4. The number of hydrogen-bond acceptors (Lipinski definition) is 29. The Labute approximate surface area is 862 Å². The molecule has 1 atom stereocenters. The molecule has 0 saturated heterocycles. The normalized spacial score (nSPS) is 13.5. The van der Waals surface area contributed by atoms with Crippen molar-refractivity contribution in [2.45, 2.75) is 117 Å². The molecule has 4 aliphatic rings. The quantitative estimate of drug-likeness (QED) is 0.0123. The van der Waals surface area contributed by atoms with E-state index in [4.69, 9.17) is 20.9 Å². The van der Waals surface area contributed by atoms with E-state index in [1.165, 1.54) is 79.5 Å². The van der Waals surface area contributed by atoms with Crippen molar-refractivity contribution < 1.29 is 290 Å². The standard InChI is InChI=1S/C13H11F3N4O2.C13H9F3N4O.C12H7F3N4O2.C7H3NO3.C5H4F3N3O2.C5H6F3N3.C3H5F3.C3H3N3O2.C2H3F3O.CH3ClO2S.CH2O3.2CH4.CH3.BrH.2K.Mg.H/c1-12(22)10-9(3-2-4-17-10)11(21)20(12)8-5-18-19(6-8)7-13(14,15)16;1-8-11-10(3-2-4-17-11)12(21)20(8)9-5-18-19(6-9)7-13(14,15)16;13-12(14,15)6-18-5-7(4-17-18)19-10(20)8-2-1-3-16-9(8)11(19)21;9-6-4-2-1-3-8-5(4)7(10)11-6;6-5(7,8)3-10-2-4(1-9-10)11(12)13;6-5(7,8)3-11-2-4(9)1-10-11;1-2-3(4,5)6;7-6(8)3-1-4-5-2-3;3-2(4,5)1-6;1-5(2,3)4;2-1-4-3;;;;;;;;/h2-6,22H,7H2,1H3;2-6H,1,7H2;1-5H,6H2;1-3H;1-2H,3H2;1-2H,3,9H2;2H2,1H3;1-2H,(H,4,5);6H,1H2;1H3;1,3H;2*1H4;1H3;1H;;;;/q;;;;;;;;;;;;;-1;;2*+1;+2;-1/p-2. The number of alkyl halides is 21. The largest absolute Gasteiger partial charge is 2.00 e. The van der Waals surface area contributed by atoms with E-state index < -0.39 is 149 Å². The van der Waals surface area contributed by atoms with E-state index >= 15 is 0 Å². The van der Waals surface area contributed by atoms with Crippen molar-refractivity contribution >= 4 is 125 Å². The van der Waals surface area contributed by atoms with Crippen molar-refractivity contribution in [3.63, 3.8) is 0 Å². The number of nitro groups is 2. The van der Waals surface area contributed by atoms with Crippen LogP contribution in [0.3, 0.4) is 0 Å². The number of ether oxygens (including phenoxy) is 1. The number of nitrogens with two attached hydrogens (primary N) is 1. The molecule has 135 heavy (non-hydrogen) atoms. The van der Waals surface area contributed by atoms with Crippen molar-refractivity contribution in [1.29, 1.82) is 0 Å². The Bertz CT molecular complexity index is 5390. The Balaban J connectivity index is -0.000000477. The molecule has 40 nitrogen and oxygen atoms in total. The monoisotopic (exact) mass is 2130 g/mol. The number of aliphatic hydroxyl groups excluding tert-OH is 1. The first kappa shape index (κ1) is 131. The Kier molecular flexibility index (Phi) is 55.1. The van der Waals surface area contributed by atoms with Crippen LogP contribution in [0.25, 0.3) is 5.70 Å². The fourth-order valence-corrected chi connectivity index (χ4v) is 9.33. The average Bonchev–Trinajstić information content (AvgIpc) is 1.58. The van der Waals surface area contributed by atoms with Crippen molar-refractivity contribution in [2.24, 2.45) is 0 Å². The molecule has 728 valence electrons. The van der Waals surface area contributed by atoms with Crippen LogP contribution in [0.1, 0.15) is 110 Å². The topological polar surface area (TPSA) is 527 Å². The molecule has 0 fully saturated rings. The Morgan fingerprint density at radius 3 is 1.22 bits per heavy atom. The summed E-state index contributed by atoms with van der Waals surface area (Å²) in [6.07, 6.45) is -11.6. The number of imide groups is 1. The summed E-state index contributed by atoms with van der Waals surface area (Å²) in [7, 11) is 1.31. The van der Waals surface area contributed by atoms with Crippen LogP contribution >= 0.6 is 10.7 Å². The first-order valence-corrected chi connectivity index (χ1v) is 36.1. The number of pyridine rings is 4. The Hall–Kier alpha value is -9.94. The number of rotatable bonds is 11. The van der Waals surface area contributed by atoms with Gasteiger partial charge in [0.2, 0.25) is 9.05 Å². The van der Waals surface area contributed by atoms with Gasteiger partial charge in [0, 0.05) is 66.7 Å². The minimum atomic E-state index is -4.44. The molecule has 0 bridgehead atoms. The summed E-state index contributed by atoms with van der Waals surface area (Å²) in [6, 6.07) is 12.3. The van der Waals surface area contributed by atoms with E-state index in [0.717, 1.165) is 88.1 Å². The number of aliphatic hydroxyl groups is 2. The van der Waals surface area contributed by atoms with E-state index in [1.54, 1.807) is 24.3 Å². The van der Waals surface area contributed by atoms with E-state index in [9.17, 15) is 155 Å². The Morgan fingerprint density at radius 1 is 0.548 bits per heavy atom. The number of aromatic nitrogens is 16. The van der Waals surface area contributed by atoms with Crippen LogP contribution in [0, 0.1) is 27.7 Å². The number of carbonyl (C=O) groups excluding carboxylic acids is 7. The summed E-state index contributed by atoms with van der Waals surface area (Å²) < 4.78 is 271. The van der Waals surface area contributed by atoms with Gasteiger partial charge in [-0.25, -0.2) is 27.9 Å². The summed E-state index contributed by atoms with van der Waals surface area (Å²) in [4.78, 5) is 119. The summed E-state index contributed by atoms with van der Waals surface area (Å²) in [5, 5.41) is 69.1. The average molecular weight is 2130 g/mol. The maximum atomic E-state index is 12.4. The third-order valence-corrected chi connectivity index (χ3v) is 14.1. The molecule has 0 aromatic carbocycles. The van der Waals surface area contributed by atoms with Crippen LogP contribution in [0.15, 0.2) is 154 Å². The van der Waals surface area contributed by atoms with E-state index in [0.29, 0.717) is 31.0 Å². The zero-order valence-corrected chi connectivity index (χ0v) is 78.7. The SMILES string of the molecule is C.C.C=C1c2ncccc2C(=O)N1c1cnn(CC(F)(F)F)c1.CC1(O)c2ncccc2C(=O)N1c1cnn(CC(F)(F)F)c1.CCC(F)(F)F.CS(=O)(=O)Cl.Nc1cnn(CC(F)(F)F)c1.O=C1OC(=O)c2ncccc21.O=C1c2cccnc2C(=O)N1c1cnn(CC(F)(F)F)c1.O=CO[O-].O=[N+]([O-])c1cn[nH]c1.O=[N+]([O-])c1cnn(CC(F)(F)F)c1.OCC(F)(F)F.[Br-].[CH3-].[H-].[K+].[K+].[Mg+2]. The number of H-pyrrole nitrogens is 1. The zero-order valence-electron chi connectivity index (χ0n) is 68.8. The van der Waals surface area contributed by atoms with Gasteiger partial charge in [-0.1, -0.05) is 28.4 Å². The van der Waals surface area contributed by atoms with Gasteiger partial charge in [0.15, 0.2) is 11.4 Å². The zero-order chi connectivity index (χ0) is 97.2. The molecule has 0 aliphatic carbocycles. The van der Waals surface area contributed by atoms with E-state index in [2.05, 4.69) is 82.5 Å². The summed E-state index contributed by atoms with van der Waals surface area (Å²) in [5.41, 5.74) is 5.36. The smallest absolute Gasteiger partial charge is 1.00 e. The van der Waals surface area contributed by atoms with Crippen LogP contribution in [0.5, 0.6) is 0 Å². The maximum Gasteiger partial charge on any atom is 2.00 e. The van der Waals surface area contributed by atoms with Crippen LogP contribution in [-0.2, 0) is 61.9 Å². The van der Waals surface area contributed by atoms with E-state index in [1.807, 2.05) is 0 Å². The molecule has 14 rings (SSSR count). The number of nitrogens with one attached hydrogen (secondary N) is 1. The molecule has 10 aromatic heterocycles. The Morgan fingerprint density at radius 2 is 0.889 bits per heavy atom. The number of nitrogen functional groups attached to an aromatic ring is 1. The second kappa shape index (κ2) is 56.7. The second-order valence-corrected chi connectivity index (χ2v) is 27.2. The third kappa shape index (κ3) is 45.3. The number of hydrogen-bond donors (Lipinski definition) is 4. The van der Waals surface area contributed by atoms with Gasteiger partial charge in [-0.15, -0.1) is 0 Å². The number of aromatic amines is 1. The molecular weight excluding hydrogens is 2060 g/mol. The third-order valence-electron chi connectivity index (χ3n) is 14.1. The number of nitrogens with zero attached hydrogens (tertiary/aromatic N) is 20. The predicted octanol–water partition coefficient (Wildman–Crippen LogP) is 2.45. The molecule has 0 saturated carbocycles. The van der Waals surface area contributed by atoms with Gasteiger partial charge in [-0.3, -0.25) is 97.5 Å². The number of esters is 2. The van der Waals surface area contributed by atoms with Crippen molar-refractivity contribution in [3.8, 4) is 0 Å². The predicted molar refractivity (Wildman–Crippen MR) is 412 cm³/mol. The molecule has 4 amide bonds. The molecule has 0 spiro atoms. The number of carbonyl (C=O) groups is 7. The number of cyclic esters (lactones) is 2. The molecule has 5 N–H and O–H groups in total. The van der Waals surface area contributed by atoms with Gasteiger partial charge in [0.1, 0.15) is 69.3 Å². The molecule has 0 radical (unpaired) electrons. The maximum absolute atomic E-state index is 12.4. The molecule has 1 unspecified atom stereocenters. The molecule has 10 aromatic rings. The number of halogens is 23. The van der Waals surface area contributed by atoms with Gasteiger partial charge in [0.05, 0.1) is 103 Å². The number of fused-ring (bicyclic) bond motifs is 4. The second-order valence-electron chi connectivity index (χ2n) is 24.2. The van der Waals surface area contributed by atoms with Crippen LogP contribution in [-0.4, -0.2) is 229 Å². The first-order valence-electron chi connectivity index (χ1n) is 33.3. The fourth-order valence-electron chi connectivity index (χ4n) is 9.33. The van der Waals surface area contributed by atoms with Crippen LogP contribution in [0.2, 0.25) is 0 Å². The van der Waals surface area contributed by atoms with Crippen LogP contribution < -0.4 is 145 Å². The van der Waals surface area contributed by atoms with Gasteiger partial charge < -0.3 is 56.7 Å². The van der Waals surface area contributed by atoms with Crippen molar-refractivity contribution in [2.75, 3.05) is 33.3 Å². The summed E-state index contributed by atoms with van der Waals surface area (Å²) in [5.74, 6) is -3.50. The molecular formula is C68H67BrClF21K2MgN22O18S. The number of anilines is 4. The summed E-state index contributed by atoms with van der Waals surface area (Å²) >= 11 is 0. The minimum absolute atomic E-state index is 0. The van der Waals surface area contributed by atoms with Crippen molar-refractivity contribution in [3.05, 3.63) is 227 Å². The molecule has 67 heteroatoms. The first-order chi connectivity index (χ1) is 58.9. The van der Waals surface area contributed by atoms with Crippen molar-refractivity contribution in [1.82, 2.24) is 79.0 Å². The summed E-state index contributed by atoms with van der Waals surface area (Å²) in [6.45, 7) is -1.90. The fraction of sp³-hybridized carbons (Fsp3) is 0.294. The van der Waals surface area contributed by atoms with Gasteiger partial charge in [-0.2, -0.15) is 123 Å². The van der Waals surface area contributed by atoms with Gasteiger partial charge in [0.25, 0.3) is 30.1 Å². The molecule has 14 heterocycles. The van der Waals surface area contributed by atoms with E-state index in [-0.39, 0.29) is 241 Å². The molecule has 4 aliphatic heterocycles.